The second-order valence-corrected chi connectivity index (χ2v) is 4.45. The minimum Gasteiger partial charge on any atom is -0.370 e. The quantitative estimate of drug-likeness (QED) is 0.794. The predicted molar refractivity (Wildman–Crippen MR) is 65.5 cm³/mol. The van der Waals surface area contributed by atoms with Crippen LogP contribution in [0.5, 0.6) is 0 Å². The number of nitrogens with one attached hydrogen (secondary N) is 1. The van der Waals surface area contributed by atoms with Gasteiger partial charge in [-0.15, -0.1) is 0 Å². The van der Waals surface area contributed by atoms with Gasteiger partial charge in [0.25, 0.3) is 0 Å². The zero-order chi connectivity index (χ0) is 10.7. The van der Waals surface area contributed by atoms with E-state index in [0.717, 1.165) is 6.54 Å². The molecule has 15 heavy (non-hydrogen) atoms. The smallest absolute Gasteiger partial charge is 0.0411 e. The van der Waals surface area contributed by atoms with Crippen LogP contribution in [0.3, 0.4) is 0 Å². The molecule has 0 saturated carbocycles. The van der Waals surface area contributed by atoms with Gasteiger partial charge in [0, 0.05) is 25.3 Å². The van der Waals surface area contributed by atoms with Crippen molar-refractivity contribution >= 4 is 5.69 Å². The van der Waals surface area contributed by atoms with Gasteiger partial charge in [0.15, 0.2) is 0 Å². The van der Waals surface area contributed by atoms with Gasteiger partial charge in [-0.25, -0.2) is 0 Å². The van der Waals surface area contributed by atoms with Crippen molar-refractivity contribution in [3.63, 3.8) is 0 Å². The molecule has 1 aliphatic heterocycles. The Balaban J connectivity index is 2.05. The molecule has 2 rings (SSSR count). The molecule has 0 amide bonds. The maximum atomic E-state index is 3.46. The van der Waals surface area contributed by atoms with Crippen molar-refractivity contribution in [1.29, 1.82) is 0 Å². The van der Waals surface area contributed by atoms with Crippen LogP contribution >= 0.6 is 0 Å². The Hall–Kier alpha value is -1.02. The Morgan fingerprint density at radius 2 is 2.00 bits per heavy atom. The molecule has 1 aromatic rings. The Bertz CT molecular complexity index is 299. The second kappa shape index (κ2) is 4.67. The summed E-state index contributed by atoms with van der Waals surface area (Å²) in [6, 6.07) is 9.44. The fraction of sp³-hybridized carbons (Fsp3) is 0.538. The lowest BCUT2D eigenvalue weighted by molar-refractivity contribution is 0.445. The van der Waals surface area contributed by atoms with E-state index in [1.807, 2.05) is 0 Å². The second-order valence-electron chi connectivity index (χ2n) is 4.45. The lowest BCUT2D eigenvalue weighted by Gasteiger charge is -2.33. The van der Waals surface area contributed by atoms with Gasteiger partial charge < -0.3 is 10.2 Å². The van der Waals surface area contributed by atoms with Crippen molar-refractivity contribution in [3.05, 3.63) is 29.8 Å². The van der Waals surface area contributed by atoms with Gasteiger partial charge >= 0.3 is 0 Å². The van der Waals surface area contributed by atoms with Crippen molar-refractivity contribution in [2.45, 2.75) is 25.8 Å². The van der Waals surface area contributed by atoms with Crippen LogP contribution < -0.4 is 10.2 Å². The molecule has 1 aliphatic rings. The number of rotatable bonds is 2. The summed E-state index contributed by atoms with van der Waals surface area (Å²) in [7, 11) is 2.20. The monoisotopic (exact) mass is 204 g/mol. The Morgan fingerprint density at radius 1 is 1.27 bits per heavy atom. The Labute approximate surface area is 92.3 Å². The van der Waals surface area contributed by atoms with Gasteiger partial charge in [0.05, 0.1) is 0 Å². The summed E-state index contributed by atoms with van der Waals surface area (Å²) in [5.74, 6) is 0. The SMILES string of the molecule is Cc1ccc(N(C)C2CCCNC2)cc1. The Morgan fingerprint density at radius 3 is 2.60 bits per heavy atom. The first-order valence-electron chi connectivity index (χ1n) is 5.77. The third-order valence-corrected chi connectivity index (χ3v) is 3.26. The zero-order valence-electron chi connectivity index (χ0n) is 9.66. The minimum atomic E-state index is 0.654. The fourth-order valence-corrected chi connectivity index (χ4v) is 2.15. The standard InChI is InChI=1S/C13H20N2/c1-11-5-7-12(8-6-11)15(2)13-4-3-9-14-10-13/h5-8,13-14H,3-4,9-10H2,1-2H3. The van der Waals surface area contributed by atoms with Crippen LogP contribution in [0.15, 0.2) is 24.3 Å². The largest absolute Gasteiger partial charge is 0.370 e. The molecule has 1 fully saturated rings. The summed E-state index contributed by atoms with van der Waals surface area (Å²) in [5, 5.41) is 3.46. The molecule has 0 aliphatic carbocycles. The van der Waals surface area contributed by atoms with E-state index < -0.39 is 0 Å². The van der Waals surface area contributed by atoms with Gasteiger partial charge in [0.2, 0.25) is 0 Å². The summed E-state index contributed by atoms with van der Waals surface area (Å²) in [6.07, 6.45) is 2.60. The summed E-state index contributed by atoms with van der Waals surface area (Å²) in [4.78, 5) is 2.39. The van der Waals surface area contributed by atoms with E-state index in [-0.39, 0.29) is 0 Å². The first-order chi connectivity index (χ1) is 7.27. The molecular weight excluding hydrogens is 184 g/mol. The van der Waals surface area contributed by atoms with E-state index in [4.69, 9.17) is 0 Å². The number of hydrogen-bond donors (Lipinski definition) is 1. The average Bonchev–Trinajstić information content (AvgIpc) is 2.30. The van der Waals surface area contributed by atoms with Crippen LogP contribution in [0.25, 0.3) is 0 Å². The highest BCUT2D eigenvalue weighted by molar-refractivity contribution is 5.47. The fourth-order valence-electron chi connectivity index (χ4n) is 2.15. The van der Waals surface area contributed by atoms with Crippen LogP contribution in [-0.2, 0) is 0 Å². The molecule has 1 atom stereocenters. The summed E-state index contributed by atoms with van der Waals surface area (Å²) in [6.45, 7) is 4.43. The number of piperidine rings is 1. The molecule has 1 unspecified atom stereocenters. The molecule has 1 heterocycles. The van der Waals surface area contributed by atoms with Crippen LogP contribution in [0.1, 0.15) is 18.4 Å². The highest BCUT2D eigenvalue weighted by Crippen LogP contribution is 2.19. The third-order valence-electron chi connectivity index (χ3n) is 3.26. The lowest BCUT2D eigenvalue weighted by atomic mass is 10.1. The van der Waals surface area contributed by atoms with Crippen molar-refractivity contribution in [2.75, 3.05) is 25.0 Å². The summed E-state index contributed by atoms with van der Waals surface area (Å²) in [5.41, 5.74) is 2.66. The third kappa shape index (κ3) is 2.51. The molecular formula is C13H20N2. The molecule has 0 aromatic heterocycles. The van der Waals surface area contributed by atoms with Crippen LogP contribution in [0.2, 0.25) is 0 Å². The molecule has 82 valence electrons. The highest BCUT2D eigenvalue weighted by atomic mass is 15.2. The lowest BCUT2D eigenvalue weighted by Crippen LogP contribution is -2.44. The predicted octanol–water partition coefficient (Wildman–Crippen LogP) is 2.18. The number of hydrogen-bond acceptors (Lipinski definition) is 2. The summed E-state index contributed by atoms with van der Waals surface area (Å²) >= 11 is 0. The molecule has 0 bridgehead atoms. The van der Waals surface area contributed by atoms with E-state index in [9.17, 15) is 0 Å². The van der Waals surface area contributed by atoms with E-state index in [2.05, 4.69) is 48.5 Å². The number of anilines is 1. The van der Waals surface area contributed by atoms with Crippen LogP contribution in [0, 0.1) is 6.92 Å². The summed E-state index contributed by atoms with van der Waals surface area (Å²) < 4.78 is 0. The van der Waals surface area contributed by atoms with Gasteiger partial charge in [-0.2, -0.15) is 0 Å². The van der Waals surface area contributed by atoms with Gasteiger partial charge in [-0.05, 0) is 38.4 Å². The minimum absolute atomic E-state index is 0.654. The highest BCUT2D eigenvalue weighted by Gasteiger charge is 2.17. The maximum Gasteiger partial charge on any atom is 0.0411 e. The zero-order valence-corrected chi connectivity index (χ0v) is 9.66. The number of likely N-dealkylation sites (N-methyl/N-ethyl adjacent to an activating group) is 1. The van der Waals surface area contributed by atoms with Crippen molar-refractivity contribution in [1.82, 2.24) is 5.32 Å². The Kier molecular flexibility index (Phi) is 3.27. The van der Waals surface area contributed by atoms with E-state index >= 15 is 0 Å². The molecule has 1 N–H and O–H groups in total. The number of nitrogens with zero attached hydrogens (tertiary/aromatic N) is 1. The first-order valence-corrected chi connectivity index (χ1v) is 5.77. The molecule has 0 radical (unpaired) electrons. The molecule has 1 saturated heterocycles. The number of aryl methyl sites for hydroxylation is 1. The normalized spacial score (nSPS) is 21.3. The molecule has 2 heteroatoms. The first kappa shape index (κ1) is 10.5. The van der Waals surface area contributed by atoms with Gasteiger partial charge in [0.1, 0.15) is 0 Å². The molecule has 1 aromatic carbocycles. The van der Waals surface area contributed by atoms with Crippen LogP contribution in [0.4, 0.5) is 5.69 Å². The van der Waals surface area contributed by atoms with Crippen molar-refractivity contribution < 1.29 is 0 Å². The van der Waals surface area contributed by atoms with Crippen molar-refractivity contribution in [2.24, 2.45) is 0 Å². The van der Waals surface area contributed by atoms with E-state index in [1.165, 1.54) is 30.6 Å². The van der Waals surface area contributed by atoms with Crippen molar-refractivity contribution in [3.8, 4) is 0 Å². The molecule has 2 nitrogen and oxygen atoms in total. The van der Waals surface area contributed by atoms with E-state index in [1.54, 1.807) is 0 Å². The average molecular weight is 204 g/mol. The van der Waals surface area contributed by atoms with Gasteiger partial charge in [-0.3, -0.25) is 0 Å². The topological polar surface area (TPSA) is 15.3 Å². The van der Waals surface area contributed by atoms with Gasteiger partial charge in [-0.1, -0.05) is 17.7 Å². The van der Waals surface area contributed by atoms with E-state index in [0.29, 0.717) is 6.04 Å². The maximum absolute atomic E-state index is 3.46. The van der Waals surface area contributed by atoms with Crippen LogP contribution in [-0.4, -0.2) is 26.2 Å². The molecule has 0 spiro atoms. The number of benzene rings is 1.